The Balaban J connectivity index is 1.77. The predicted molar refractivity (Wildman–Crippen MR) is 98.7 cm³/mol. The third-order valence-corrected chi connectivity index (χ3v) is 4.20. The molecule has 25 heavy (non-hydrogen) atoms. The molecule has 0 aliphatic heterocycles. The van der Waals surface area contributed by atoms with Gasteiger partial charge in [0.15, 0.2) is 0 Å². The van der Waals surface area contributed by atoms with Crippen molar-refractivity contribution in [2.45, 2.75) is 13.5 Å². The van der Waals surface area contributed by atoms with Crippen LogP contribution in [0.3, 0.4) is 0 Å². The summed E-state index contributed by atoms with van der Waals surface area (Å²) in [5.41, 5.74) is 4.69. The highest BCUT2D eigenvalue weighted by atomic mass is 16.1. The summed E-state index contributed by atoms with van der Waals surface area (Å²) in [5, 5.41) is 11.4. The second kappa shape index (κ2) is 7.44. The highest BCUT2D eigenvalue weighted by molar-refractivity contribution is 5.97. The number of amides is 1. The SMILES string of the molecule is Cc1ccccc1Cn1nnc2cc(C(=O)NCCN(C)C)ccc21. The standard InChI is InChI=1S/C19H23N5O/c1-14-6-4-5-7-16(14)13-24-18-9-8-15(12-17(18)21-22-24)19(25)20-10-11-23(2)3/h4-9,12H,10-11,13H2,1-3H3,(H,20,25). The quantitative estimate of drug-likeness (QED) is 0.748. The molecular weight excluding hydrogens is 314 g/mol. The summed E-state index contributed by atoms with van der Waals surface area (Å²) in [6.45, 7) is 4.17. The highest BCUT2D eigenvalue weighted by Gasteiger charge is 2.11. The highest BCUT2D eigenvalue weighted by Crippen LogP contribution is 2.16. The Morgan fingerprint density at radius 1 is 1.20 bits per heavy atom. The maximum Gasteiger partial charge on any atom is 0.251 e. The summed E-state index contributed by atoms with van der Waals surface area (Å²) in [7, 11) is 3.95. The van der Waals surface area contributed by atoms with Gasteiger partial charge in [0.2, 0.25) is 0 Å². The summed E-state index contributed by atoms with van der Waals surface area (Å²) in [6, 6.07) is 13.8. The van der Waals surface area contributed by atoms with Crippen LogP contribution >= 0.6 is 0 Å². The van der Waals surface area contributed by atoms with Crippen LogP contribution < -0.4 is 5.32 Å². The van der Waals surface area contributed by atoms with Crippen molar-refractivity contribution >= 4 is 16.9 Å². The molecule has 0 unspecified atom stereocenters. The molecular formula is C19H23N5O. The smallest absolute Gasteiger partial charge is 0.251 e. The molecule has 0 bridgehead atoms. The second-order valence-corrected chi connectivity index (χ2v) is 6.44. The number of aryl methyl sites for hydroxylation is 1. The molecule has 6 heteroatoms. The van der Waals surface area contributed by atoms with Gasteiger partial charge in [-0.2, -0.15) is 0 Å². The number of benzene rings is 2. The lowest BCUT2D eigenvalue weighted by Gasteiger charge is -2.10. The number of nitrogens with one attached hydrogen (secondary N) is 1. The Bertz CT molecular complexity index is 884. The topological polar surface area (TPSA) is 63.1 Å². The molecule has 0 radical (unpaired) electrons. The minimum absolute atomic E-state index is 0.0859. The average Bonchev–Trinajstić information content (AvgIpc) is 2.98. The van der Waals surface area contributed by atoms with Crippen molar-refractivity contribution < 1.29 is 4.79 Å². The number of hydrogen-bond donors (Lipinski definition) is 1. The molecule has 1 amide bonds. The van der Waals surface area contributed by atoms with Crippen LogP contribution in [0, 0.1) is 6.92 Å². The van der Waals surface area contributed by atoms with E-state index in [0.717, 1.165) is 17.6 Å². The molecule has 3 rings (SSSR count). The molecule has 0 aliphatic rings. The van der Waals surface area contributed by atoms with Crippen LogP contribution in [0.4, 0.5) is 0 Å². The number of likely N-dealkylation sites (N-methyl/N-ethyl adjacent to an activating group) is 1. The molecule has 1 aromatic heterocycles. The third-order valence-electron chi connectivity index (χ3n) is 4.20. The van der Waals surface area contributed by atoms with Crippen molar-refractivity contribution in [2.75, 3.05) is 27.2 Å². The van der Waals surface area contributed by atoms with E-state index < -0.39 is 0 Å². The van der Waals surface area contributed by atoms with Gasteiger partial charge in [0, 0.05) is 18.7 Å². The predicted octanol–water partition coefficient (Wildman–Crippen LogP) is 2.08. The number of rotatable bonds is 6. The van der Waals surface area contributed by atoms with Crippen molar-refractivity contribution in [3.63, 3.8) is 0 Å². The normalized spacial score (nSPS) is 11.2. The van der Waals surface area contributed by atoms with Crippen LogP contribution in [0.25, 0.3) is 11.0 Å². The van der Waals surface area contributed by atoms with Crippen LogP contribution in [0.5, 0.6) is 0 Å². The lowest BCUT2D eigenvalue weighted by atomic mass is 10.1. The molecule has 0 fully saturated rings. The van der Waals surface area contributed by atoms with E-state index in [1.165, 1.54) is 11.1 Å². The van der Waals surface area contributed by atoms with Gasteiger partial charge >= 0.3 is 0 Å². The van der Waals surface area contributed by atoms with E-state index in [-0.39, 0.29) is 5.91 Å². The van der Waals surface area contributed by atoms with Crippen LogP contribution in [0.2, 0.25) is 0 Å². The number of aromatic nitrogens is 3. The van der Waals surface area contributed by atoms with E-state index in [2.05, 4.69) is 34.7 Å². The number of fused-ring (bicyclic) bond motifs is 1. The molecule has 0 aliphatic carbocycles. The van der Waals surface area contributed by atoms with Crippen molar-refractivity contribution in [1.82, 2.24) is 25.2 Å². The minimum atomic E-state index is -0.0859. The molecule has 0 atom stereocenters. The van der Waals surface area contributed by atoms with E-state index in [0.29, 0.717) is 18.7 Å². The largest absolute Gasteiger partial charge is 0.351 e. The second-order valence-electron chi connectivity index (χ2n) is 6.44. The van der Waals surface area contributed by atoms with E-state index in [1.54, 1.807) is 6.07 Å². The van der Waals surface area contributed by atoms with Crippen molar-refractivity contribution in [3.05, 3.63) is 59.2 Å². The number of carbonyl (C=O) groups is 1. The van der Waals surface area contributed by atoms with Gasteiger partial charge in [0.25, 0.3) is 5.91 Å². The number of carbonyl (C=O) groups excluding carboxylic acids is 1. The molecule has 2 aromatic carbocycles. The van der Waals surface area contributed by atoms with Crippen LogP contribution in [-0.4, -0.2) is 53.0 Å². The fraction of sp³-hybridized carbons (Fsp3) is 0.316. The van der Waals surface area contributed by atoms with Gasteiger partial charge in [-0.3, -0.25) is 4.79 Å². The van der Waals surface area contributed by atoms with Gasteiger partial charge in [-0.1, -0.05) is 29.5 Å². The Morgan fingerprint density at radius 3 is 2.76 bits per heavy atom. The maximum absolute atomic E-state index is 12.2. The zero-order valence-corrected chi connectivity index (χ0v) is 14.9. The van der Waals surface area contributed by atoms with Gasteiger partial charge < -0.3 is 10.2 Å². The fourth-order valence-electron chi connectivity index (χ4n) is 2.67. The summed E-state index contributed by atoms with van der Waals surface area (Å²) < 4.78 is 1.87. The Kier molecular flexibility index (Phi) is 5.09. The van der Waals surface area contributed by atoms with Crippen molar-refractivity contribution in [1.29, 1.82) is 0 Å². The maximum atomic E-state index is 12.2. The molecule has 0 spiro atoms. The van der Waals surface area contributed by atoms with Gasteiger partial charge in [-0.15, -0.1) is 5.10 Å². The molecule has 0 saturated carbocycles. The van der Waals surface area contributed by atoms with E-state index in [1.807, 2.05) is 47.9 Å². The molecule has 1 N–H and O–H groups in total. The van der Waals surface area contributed by atoms with Gasteiger partial charge in [0.1, 0.15) is 5.52 Å². The van der Waals surface area contributed by atoms with E-state index in [9.17, 15) is 4.79 Å². The first-order valence-corrected chi connectivity index (χ1v) is 8.35. The van der Waals surface area contributed by atoms with Crippen molar-refractivity contribution in [2.24, 2.45) is 0 Å². The van der Waals surface area contributed by atoms with Crippen LogP contribution in [0.15, 0.2) is 42.5 Å². The fourth-order valence-corrected chi connectivity index (χ4v) is 2.67. The summed E-state index contributed by atoms with van der Waals surface area (Å²) in [4.78, 5) is 14.3. The summed E-state index contributed by atoms with van der Waals surface area (Å²) in [6.07, 6.45) is 0. The molecule has 3 aromatic rings. The van der Waals surface area contributed by atoms with E-state index >= 15 is 0 Å². The first-order valence-electron chi connectivity index (χ1n) is 8.35. The summed E-state index contributed by atoms with van der Waals surface area (Å²) in [5.74, 6) is -0.0859. The van der Waals surface area contributed by atoms with Gasteiger partial charge in [-0.25, -0.2) is 4.68 Å². The minimum Gasteiger partial charge on any atom is -0.351 e. The molecule has 130 valence electrons. The zero-order valence-electron chi connectivity index (χ0n) is 14.9. The number of hydrogen-bond acceptors (Lipinski definition) is 4. The monoisotopic (exact) mass is 337 g/mol. The van der Waals surface area contributed by atoms with E-state index in [4.69, 9.17) is 0 Å². The lowest BCUT2D eigenvalue weighted by Crippen LogP contribution is -2.31. The van der Waals surface area contributed by atoms with Crippen LogP contribution in [-0.2, 0) is 6.54 Å². The lowest BCUT2D eigenvalue weighted by molar-refractivity contribution is 0.0951. The Hall–Kier alpha value is -2.73. The van der Waals surface area contributed by atoms with Crippen LogP contribution in [0.1, 0.15) is 21.5 Å². The third kappa shape index (κ3) is 4.03. The molecule has 0 saturated heterocycles. The van der Waals surface area contributed by atoms with Gasteiger partial charge in [0.05, 0.1) is 12.1 Å². The van der Waals surface area contributed by atoms with Gasteiger partial charge in [-0.05, 0) is 50.3 Å². The molecule has 1 heterocycles. The first kappa shape index (κ1) is 17.1. The Labute approximate surface area is 147 Å². The zero-order chi connectivity index (χ0) is 17.8. The first-order chi connectivity index (χ1) is 12.0. The molecule has 6 nitrogen and oxygen atoms in total. The Morgan fingerprint density at radius 2 is 2.00 bits per heavy atom. The van der Waals surface area contributed by atoms with Crippen molar-refractivity contribution in [3.8, 4) is 0 Å². The average molecular weight is 337 g/mol. The number of nitrogens with zero attached hydrogens (tertiary/aromatic N) is 4. The summed E-state index contributed by atoms with van der Waals surface area (Å²) >= 11 is 0.